The Balaban J connectivity index is 2.57. The molecule has 5 nitrogen and oxygen atoms in total. The number of aryl methyl sites for hydroxylation is 1. The third kappa shape index (κ3) is 5.21. The molecule has 0 bridgehead atoms. The van der Waals surface area contributed by atoms with Crippen LogP contribution < -0.4 is 5.73 Å². The number of nitrogens with two attached hydrogens (primary N) is 1. The molecule has 1 aromatic rings. The van der Waals surface area contributed by atoms with Crippen molar-refractivity contribution in [2.75, 3.05) is 13.2 Å². The Kier molecular flexibility index (Phi) is 7.77. The summed E-state index contributed by atoms with van der Waals surface area (Å²) < 4.78 is 11.0. The van der Waals surface area contributed by atoms with E-state index in [-0.39, 0.29) is 6.10 Å². The molecule has 0 aromatic carbocycles. The van der Waals surface area contributed by atoms with Crippen LogP contribution in [0.15, 0.2) is 4.52 Å². The first-order valence-corrected chi connectivity index (χ1v) is 7.76. The summed E-state index contributed by atoms with van der Waals surface area (Å²) in [6.45, 7) is 9.78. The summed E-state index contributed by atoms with van der Waals surface area (Å²) in [4.78, 5) is 4.48. The highest BCUT2D eigenvalue weighted by atomic mass is 16.5. The lowest BCUT2D eigenvalue weighted by atomic mass is 9.97. The van der Waals surface area contributed by atoms with Crippen LogP contribution in [0.25, 0.3) is 0 Å². The smallest absolute Gasteiger partial charge is 0.226 e. The average Bonchev–Trinajstić information content (AvgIpc) is 2.88. The second kappa shape index (κ2) is 9.08. The third-order valence-electron chi connectivity index (χ3n) is 3.61. The summed E-state index contributed by atoms with van der Waals surface area (Å²) in [5.41, 5.74) is 5.62. The highest BCUT2D eigenvalue weighted by molar-refractivity contribution is 4.93. The van der Waals surface area contributed by atoms with Gasteiger partial charge in [-0.15, -0.1) is 0 Å². The molecule has 0 aliphatic heterocycles. The van der Waals surface area contributed by atoms with Gasteiger partial charge in [-0.1, -0.05) is 32.3 Å². The van der Waals surface area contributed by atoms with Gasteiger partial charge < -0.3 is 15.0 Å². The van der Waals surface area contributed by atoms with Gasteiger partial charge in [0.05, 0.1) is 0 Å². The van der Waals surface area contributed by atoms with E-state index in [9.17, 15) is 0 Å². The highest BCUT2D eigenvalue weighted by Crippen LogP contribution is 2.24. The van der Waals surface area contributed by atoms with Crippen LogP contribution in [0.1, 0.15) is 64.8 Å². The van der Waals surface area contributed by atoms with Crippen LogP contribution in [0.2, 0.25) is 0 Å². The fraction of sp³-hybridized carbons (Fsp3) is 0.867. The lowest BCUT2D eigenvalue weighted by Crippen LogP contribution is -2.13. The van der Waals surface area contributed by atoms with E-state index >= 15 is 0 Å². The van der Waals surface area contributed by atoms with Gasteiger partial charge in [0, 0.05) is 13.0 Å². The largest absolute Gasteiger partial charge is 0.370 e. The summed E-state index contributed by atoms with van der Waals surface area (Å²) in [5.74, 6) is 2.36. The normalized spacial score (nSPS) is 14.7. The molecule has 0 saturated carbocycles. The Labute approximate surface area is 122 Å². The van der Waals surface area contributed by atoms with Gasteiger partial charge in [0.2, 0.25) is 11.7 Å². The molecule has 20 heavy (non-hydrogen) atoms. The second-order valence-corrected chi connectivity index (χ2v) is 5.56. The zero-order valence-corrected chi connectivity index (χ0v) is 13.3. The number of hydrogen-bond donors (Lipinski definition) is 1. The summed E-state index contributed by atoms with van der Waals surface area (Å²) in [7, 11) is 0. The number of rotatable bonds is 10. The Morgan fingerprint density at radius 1 is 1.25 bits per heavy atom. The zero-order valence-electron chi connectivity index (χ0n) is 13.3. The molecular weight excluding hydrogens is 254 g/mol. The fourth-order valence-corrected chi connectivity index (χ4v) is 2.35. The van der Waals surface area contributed by atoms with Gasteiger partial charge in [0.1, 0.15) is 6.10 Å². The summed E-state index contributed by atoms with van der Waals surface area (Å²) >= 11 is 0. The van der Waals surface area contributed by atoms with Crippen molar-refractivity contribution in [1.82, 2.24) is 10.1 Å². The zero-order chi connectivity index (χ0) is 15.0. The third-order valence-corrected chi connectivity index (χ3v) is 3.61. The monoisotopic (exact) mass is 283 g/mol. The first-order valence-electron chi connectivity index (χ1n) is 7.76. The Hall–Kier alpha value is -0.940. The fourth-order valence-electron chi connectivity index (χ4n) is 2.35. The molecule has 1 rings (SSSR count). The maximum absolute atomic E-state index is 5.69. The SMILES string of the molecule is CCOC(c1noc(CCC(CC)CCN)n1)C(C)C. The number of ether oxygens (including phenoxy) is 1. The van der Waals surface area contributed by atoms with Crippen molar-refractivity contribution in [3.8, 4) is 0 Å². The van der Waals surface area contributed by atoms with Crippen LogP contribution >= 0.6 is 0 Å². The lowest BCUT2D eigenvalue weighted by Gasteiger charge is -2.16. The predicted molar refractivity (Wildman–Crippen MR) is 79.3 cm³/mol. The molecule has 2 N–H and O–H groups in total. The Morgan fingerprint density at radius 3 is 2.55 bits per heavy atom. The number of nitrogens with zero attached hydrogens (tertiary/aromatic N) is 2. The molecule has 1 aromatic heterocycles. The van der Waals surface area contributed by atoms with Crippen molar-refractivity contribution in [2.24, 2.45) is 17.6 Å². The molecule has 0 saturated heterocycles. The van der Waals surface area contributed by atoms with Gasteiger partial charge in [-0.05, 0) is 38.1 Å². The predicted octanol–water partition coefficient (Wildman–Crippen LogP) is 3.11. The van der Waals surface area contributed by atoms with E-state index < -0.39 is 0 Å². The highest BCUT2D eigenvalue weighted by Gasteiger charge is 2.22. The van der Waals surface area contributed by atoms with Crippen molar-refractivity contribution >= 4 is 0 Å². The minimum Gasteiger partial charge on any atom is -0.370 e. The van der Waals surface area contributed by atoms with E-state index in [1.165, 1.54) is 0 Å². The maximum Gasteiger partial charge on any atom is 0.226 e. The molecule has 116 valence electrons. The summed E-state index contributed by atoms with van der Waals surface area (Å²) in [6.07, 6.45) is 4.00. The van der Waals surface area contributed by atoms with Crippen molar-refractivity contribution in [1.29, 1.82) is 0 Å². The van der Waals surface area contributed by atoms with E-state index in [1.54, 1.807) is 0 Å². The standard InChI is InChI=1S/C15H29N3O2/c1-5-12(9-10-16)7-8-13-17-15(18-20-13)14(11(3)4)19-6-2/h11-12,14H,5-10,16H2,1-4H3. The van der Waals surface area contributed by atoms with E-state index in [0.717, 1.165) is 32.2 Å². The Morgan fingerprint density at radius 2 is 2.00 bits per heavy atom. The molecule has 2 atom stereocenters. The van der Waals surface area contributed by atoms with Crippen LogP contribution in [-0.2, 0) is 11.2 Å². The first kappa shape index (κ1) is 17.1. The van der Waals surface area contributed by atoms with Gasteiger partial charge in [-0.2, -0.15) is 4.98 Å². The van der Waals surface area contributed by atoms with Crippen LogP contribution in [0.4, 0.5) is 0 Å². The van der Waals surface area contributed by atoms with Crippen LogP contribution in [0.3, 0.4) is 0 Å². The molecule has 5 heteroatoms. The quantitative estimate of drug-likeness (QED) is 0.714. The first-order chi connectivity index (χ1) is 9.62. The maximum atomic E-state index is 5.69. The van der Waals surface area contributed by atoms with E-state index in [2.05, 4.69) is 30.9 Å². The van der Waals surface area contributed by atoms with Gasteiger partial charge in [0.25, 0.3) is 0 Å². The van der Waals surface area contributed by atoms with Crippen molar-refractivity contribution in [3.05, 3.63) is 11.7 Å². The van der Waals surface area contributed by atoms with Crippen LogP contribution in [0, 0.1) is 11.8 Å². The molecule has 0 aliphatic rings. The number of aromatic nitrogens is 2. The molecule has 0 radical (unpaired) electrons. The molecule has 0 aliphatic carbocycles. The summed E-state index contributed by atoms with van der Waals surface area (Å²) in [5, 5.41) is 4.07. The molecular formula is C15H29N3O2. The summed E-state index contributed by atoms with van der Waals surface area (Å²) in [6, 6.07) is 0. The van der Waals surface area contributed by atoms with E-state index in [0.29, 0.717) is 30.2 Å². The van der Waals surface area contributed by atoms with Crippen molar-refractivity contribution < 1.29 is 9.26 Å². The van der Waals surface area contributed by atoms with Crippen molar-refractivity contribution in [2.45, 2.75) is 59.5 Å². The lowest BCUT2D eigenvalue weighted by molar-refractivity contribution is 0.0217. The molecule has 1 heterocycles. The molecule has 2 unspecified atom stereocenters. The minimum atomic E-state index is -0.0801. The molecule has 0 spiro atoms. The van der Waals surface area contributed by atoms with Gasteiger partial charge in [-0.3, -0.25) is 0 Å². The Bertz CT molecular complexity index is 366. The van der Waals surface area contributed by atoms with Gasteiger partial charge in [0.15, 0.2) is 0 Å². The van der Waals surface area contributed by atoms with Crippen molar-refractivity contribution in [3.63, 3.8) is 0 Å². The topological polar surface area (TPSA) is 74.2 Å². The molecule has 0 fully saturated rings. The average molecular weight is 283 g/mol. The van der Waals surface area contributed by atoms with Gasteiger partial charge >= 0.3 is 0 Å². The van der Waals surface area contributed by atoms with Crippen LogP contribution in [-0.4, -0.2) is 23.3 Å². The minimum absolute atomic E-state index is 0.0801. The van der Waals surface area contributed by atoms with E-state index in [4.69, 9.17) is 15.0 Å². The second-order valence-electron chi connectivity index (χ2n) is 5.56. The van der Waals surface area contributed by atoms with Gasteiger partial charge in [-0.25, -0.2) is 0 Å². The number of hydrogen-bond acceptors (Lipinski definition) is 5. The van der Waals surface area contributed by atoms with Crippen LogP contribution in [0.5, 0.6) is 0 Å². The van der Waals surface area contributed by atoms with E-state index in [1.807, 2.05) is 6.92 Å². The molecule has 0 amide bonds.